The van der Waals surface area contributed by atoms with E-state index in [1.807, 2.05) is 24.3 Å². The molecule has 0 bridgehead atoms. The van der Waals surface area contributed by atoms with Gasteiger partial charge in [0.2, 0.25) is 11.8 Å². The Kier molecular flexibility index (Phi) is 6.82. The maximum Gasteiger partial charge on any atom is 0.237 e. The number of nitrogens with zero attached hydrogens (tertiary/aromatic N) is 1. The lowest BCUT2D eigenvalue weighted by molar-refractivity contribution is -0.118. The third kappa shape index (κ3) is 5.79. The molecule has 2 aromatic carbocycles. The van der Waals surface area contributed by atoms with Gasteiger partial charge in [0.25, 0.3) is 0 Å². The topological polar surface area (TPSA) is 72.6 Å². The van der Waals surface area contributed by atoms with Crippen molar-refractivity contribution in [1.82, 2.24) is 0 Å². The summed E-state index contributed by atoms with van der Waals surface area (Å²) in [5.74, 6) is -0.150. The number of benzene rings is 2. The zero-order valence-electron chi connectivity index (χ0n) is 13.8. The fraction of sp³-hybridized carbons (Fsp3) is 0.222. The third-order valence-electron chi connectivity index (χ3n) is 3.44. The summed E-state index contributed by atoms with van der Waals surface area (Å²) < 4.78 is 18.2. The Bertz CT molecular complexity index is 720. The van der Waals surface area contributed by atoms with E-state index in [4.69, 9.17) is 10.5 Å². The van der Waals surface area contributed by atoms with E-state index in [9.17, 15) is 14.0 Å². The molecule has 0 aliphatic rings. The maximum atomic E-state index is 13.1. The van der Waals surface area contributed by atoms with Crippen molar-refractivity contribution in [3.8, 4) is 5.75 Å². The lowest BCUT2D eigenvalue weighted by Gasteiger charge is -2.22. The van der Waals surface area contributed by atoms with Crippen LogP contribution in [0.3, 0.4) is 0 Å². The van der Waals surface area contributed by atoms with Crippen molar-refractivity contribution < 1.29 is 18.7 Å². The monoisotopic (exact) mass is 362 g/mol. The van der Waals surface area contributed by atoms with Crippen LogP contribution < -0.4 is 15.4 Å². The zero-order valence-corrected chi connectivity index (χ0v) is 14.6. The largest absolute Gasteiger partial charge is 0.497 e. The van der Waals surface area contributed by atoms with Crippen LogP contribution in [0.25, 0.3) is 0 Å². The summed E-state index contributed by atoms with van der Waals surface area (Å²) in [6.45, 7) is 0.156. The van der Waals surface area contributed by atoms with E-state index in [2.05, 4.69) is 0 Å². The Morgan fingerprint density at radius 2 is 1.76 bits per heavy atom. The van der Waals surface area contributed by atoms with Crippen LogP contribution in [0.4, 0.5) is 10.1 Å². The van der Waals surface area contributed by atoms with Crippen molar-refractivity contribution in [1.29, 1.82) is 0 Å². The summed E-state index contributed by atoms with van der Waals surface area (Å²) in [6.07, 6.45) is 0.0380. The predicted octanol–water partition coefficient (Wildman–Crippen LogP) is 2.84. The van der Waals surface area contributed by atoms with Gasteiger partial charge >= 0.3 is 0 Å². The molecule has 2 aromatic rings. The maximum absolute atomic E-state index is 13.1. The van der Waals surface area contributed by atoms with E-state index in [0.29, 0.717) is 5.69 Å². The quantitative estimate of drug-likeness (QED) is 0.733. The smallest absolute Gasteiger partial charge is 0.237 e. The number of anilines is 1. The van der Waals surface area contributed by atoms with Crippen LogP contribution in [-0.4, -0.2) is 31.2 Å². The van der Waals surface area contributed by atoms with E-state index >= 15 is 0 Å². The third-order valence-corrected chi connectivity index (χ3v) is 4.44. The SMILES string of the molecule is COc1ccc(SCC(=O)N(CCC(N)=O)c2ccc(F)cc2)cc1. The van der Waals surface area contributed by atoms with Crippen molar-refractivity contribution in [3.63, 3.8) is 0 Å². The number of halogens is 1. The standard InChI is InChI=1S/C18H19FN2O3S/c1-24-15-6-8-16(9-7-15)25-12-18(23)21(11-10-17(20)22)14-4-2-13(19)3-5-14/h2-9H,10-12H2,1H3,(H2,20,22). The van der Waals surface area contributed by atoms with Gasteiger partial charge in [-0.15, -0.1) is 11.8 Å². The number of ether oxygens (including phenoxy) is 1. The summed E-state index contributed by atoms with van der Waals surface area (Å²) >= 11 is 1.37. The lowest BCUT2D eigenvalue weighted by atomic mass is 10.2. The molecule has 5 nitrogen and oxygen atoms in total. The van der Waals surface area contributed by atoms with Crippen LogP contribution in [-0.2, 0) is 9.59 Å². The number of hydrogen-bond donors (Lipinski definition) is 1. The number of primary amides is 1. The van der Waals surface area contributed by atoms with Gasteiger partial charge in [-0.25, -0.2) is 4.39 Å². The molecule has 0 unspecified atom stereocenters. The first-order valence-corrected chi connectivity index (χ1v) is 8.59. The molecular weight excluding hydrogens is 343 g/mol. The second kappa shape index (κ2) is 9.08. The fourth-order valence-corrected chi connectivity index (χ4v) is 2.91. The number of amides is 2. The number of methoxy groups -OCH3 is 1. The van der Waals surface area contributed by atoms with Gasteiger partial charge in [-0.1, -0.05) is 0 Å². The molecule has 7 heteroatoms. The molecule has 0 radical (unpaired) electrons. The Balaban J connectivity index is 2.05. The highest BCUT2D eigenvalue weighted by Gasteiger charge is 2.17. The number of hydrogen-bond acceptors (Lipinski definition) is 4. The van der Waals surface area contributed by atoms with Crippen molar-refractivity contribution in [2.24, 2.45) is 5.73 Å². The molecule has 25 heavy (non-hydrogen) atoms. The predicted molar refractivity (Wildman–Crippen MR) is 96.3 cm³/mol. The Morgan fingerprint density at radius 3 is 2.32 bits per heavy atom. The van der Waals surface area contributed by atoms with E-state index in [1.165, 1.54) is 40.9 Å². The number of nitrogens with two attached hydrogens (primary N) is 1. The minimum absolute atomic E-state index is 0.0380. The normalized spacial score (nSPS) is 10.3. The summed E-state index contributed by atoms with van der Waals surface area (Å²) in [4.78, 5) is 26.0. The van der Waals surface area contributed by atoms with Gasteiger partial charge in [0.15, 0.2) is 0 Å². The van der Waals surface area contributed by atoms with Crippen molar-refractivity contribution in [2.45, 2.75) is 11.3 Å². The first-order chi connectivity index (χ1) is 12.0. The summed E-state index contributed by atoms with van der Waals surface area (Å²) in [7, 11) is 1.59. The minimum atomic E-state index is -0.497. The van der Waals surface area contributed by atoms with Gasteiger partial charge < -0.3 is 15.4 Å². The van der Waals surface area contributed by atoms with Crippen LogP contribution in [0, 0.1) is 5.82 Å². The van der Waals surface area contributed by atoms with E-state index in [0.717, 1.165) is 10.6 Å². The van der Waals surface area contributed by atoms with Crippen molar-refractivity contribution in [2.75, 3.05) is 24.3 Å². The second-order valence-corrected chi connectivity index (χ2v) is 6.25. The molecule has 0 heterocycles. The van der Waals surface area contributed by atoms with Gasteiger partial charge in [0, 0.05) is 23.5 Å². The molecule has 0 atom stereocenters. The molecule has 0 aliphatic carbocycles. The number of thioether (sulfide) groups is 1. The lowest BCUT2D eigenvalue weighted by Crippen LogP contribution is -2.35. The van der Waals surface area contributed by atoms with Gasteiger partial charge in [0.05, 0.1) is 12.9 Å². The number of carbonyl (C=O) groups excluding carboxylic acids is 2. The molecule has 0 saturated carbocycles. The highest BCUT2D eigenvalue weighted by molar-refractivity contribution is 8.00. The van der Waals surface area contributed by atoms with Gasteiger partial charge in [0.1, 0.15) is 11.6 Å². The highest BCUT2D eigenvalue weighted by atomic mass is 32.2. The van der Waals surface area contributed by atoms with Crippen LogP contribution in [0.15, 0.2) is 53.4 Å². The number of carbonyl (C=O) groups is 2. The molecule has 0 saturated heterocycles. The van der Waals surface area contributed by atoms with Gasteiger partial charge in [-0.05, 0) is 48.5 Å². The summed E-state index contributed by atoms with van der Waals surface area (Å²) in [5.41, 5.74) is 5.71. The van der Waals surface area contributed by atoms with Crippen molar-refractivity contribution in [3.05, 3.63) is 54.3 Å². The molecule has 0 fully saturated rings. The molecule has 2 N–H and O–H groups in total. The average Bonchev–Trinajstić information content (AvgIpc) is 2.61. The van der Waals surface area contributed by atoms with E-state index in [1.54, 1.807) is 7.11 Å². The molecule has 0 aliphatic heterocycles. The van der Waals surface area contributed by atoms with Crippen LogP contribution in [0.5, 0.6) is 5.75 Å². The molecular formula is C18H19FN2O3S. The van der Waals surface area contributed by atoms with Crippen LogP contribution in [0.2, 0.25) is 0 Å². The fourth-order valence-electron chi connectivity index (χ4n) is 2.14. The summed E-state index contributed by atoms with van der Waals surface area (Å²) in [5, 5.41) is 0. The Labute approximate surface area is 150 Å². The van der Waals surface area contributed by atoms with Gasteiger partial charge in [-0.3, -0.25) is 9.59 Å². The first kappa shape index (κ1) is 18.8. The van der Waals surface area contributed by atoms with Crippen LogP contribution >= 0.6 is 11.8 Å². The minimum Gasteiger partial charge on any atom is -0.497 e. The van der Waals surface area contributed by atoms with Gasteiger partial charge in [-0.2, -0.15) is 0 Å². The van der Waals surface area contributed by atoms with E-state index in [-0.39, 0.29) is 24.6 Å². The van der Waals surface area contributed by atoms with E-state index < -0.39 is 11.7 Å². The molecule has 2 amide bonds. The number of rotatable bonds is 8. The molecule has 132 valence electrons. The molecule has 0 spiro atoms. The summed E-state index contributed by atoms with van der Waals surface area (Å²) in [6, 6.07) is 12.9. The Hall–Kier alpha value is -2.54. The van der Waals surface area contributed by atoms with Crippen molar-refractivity contribution >= 4 is 29.3 Å². The average molecular weight is 362 g/mol. The Morgan fingerprint density at radius 1 is 1.12 bits per heavy atom. The molecule has 2 rings (SSSR count). The first-order valence-electron chi connectivity index (χ1n) is 7.60. The van der Waals surface area contributed by atoms with Crippen LogP contribution in [0.1, 0.15) is 6.42 Å². The second-order valence-electron chi connectivity index (χ2n) is 5.20. The highest BCUT2D eigenvalue weighted by Crippen LogP contribution is 2.23. The zero-order chi connectivity index (χ0) is 18.2. The molecule has 0 aromatic heterocycles.